The maximum Gasteiger partial charge on any atom is 0.244 e. The predicted molar refractivity (Wildman–Crippen MR) is 93.2 cm³/mol. The SMILES string of the molecule is CC(C)(C)CN1C(=O)[C@@H](NC(C)(C)C)CCc2ccccc21. The van der Waals surface area contributed by atoms with Gasteiger partial charge in [-0.05, 0) is 50.7 Å². The van der Waals surface area contributed by atoms with Crippen LogP contribution in [0.15, 0.2) is 24.3 Å². The minimum atomic E-state index is -0.116. The van der Waals surface area contributed by atoms with E-state index in [1.54, 1.807) is 0 Å². The molecule has 1 atom stereocenters. The van der Waals surface area contributed by atoms with Gasteiger partial charge in [0, 0.05) is 17.8 Å². The van der Waals surface area contributed by atoms with Crippen molar-refractivity contribution in [3.05, 3.63) is 29.8 Å². The number of carbonyl (C=O) groups excluding carboxylic acids is 1. The molecule has 0 fully saturated rings. The molecule has 1 N–H and O–H groups in total. The van der Waals surface area contributed by atoms with Crippen LogP contribution in [0.2, 0.25) is 0 Å². The smallest absolute Gasteiger partial charge is 0.244 e. The Bertz CT molecular complexity index is 537. The fourth-order valence-corrected chi connectivity index (χ4v) is 3.01. The molecule has 1 aromatic carbocycles. The van der Waals surface area contributed by atoms with Crippen LogP contribution in [0.4, 0.5) is 5.69 Å². The number of anilines is 1. The molecule has 1 aliphatic heterocycles. The van der Waals surface area contributed by atoms with Crippen molar-refractivity contribution >= 4 is 11.6 Å². The van der Waals surface area contributed by atoms with E-state index in [9.17, 15) is 4.79 Å². The molecule has 0 aliphatic carbocycles. The summed E-state index contributed by atoms with van der Waals surface area (Å²) in [7, 11) is 0. The van der Waals surface area contributed by atoms with E-state index in [0.29, 0.717) is 0 Å². The molecule has 2 rings (SSSR count). The largest absolute Gasteiger partial charge is 0.310 e. The van der Waals surface area contributed by atoms with E-state index >= 15 is 0 Å². The van der Waals surface area contributed by atoms with Gasteiger partial charge in [-0.1, -0.05) is 39.0 Å². The molecule has 0 bridgehead atoms. The van der Waals surface area contributed by atoms with E-state index in [2.05, 4.69) is 65.1 Å². The zero-order valence-corrected chi connectivity index (χ0v) is 14.9. The van der Waals surface area contributed by atoms with Gasteiger partial charge in [-0.2, -0.15) is 0 Å². The average Bonchev–Trinajstić information content (AvgIpc) is 2.48. The summed E-state index contributed by atoms with van der Waals surface area (Å²) in [6, 6.07) is 8.21. The highest BCUT2D eigenvalue weighted by molar-refractivity contribution is 5.98. The maximum absolute atomic E-state index is 13.1. The number of benzene rings is 1. The van der Waals surface area contributed by atoms with Gasteiger partial charge in [0.25, 0.3) is 0 Å². The normalized spacial score (nSPS) is 19.8. The van der Waals surface area contributed by atoms with E-state index in [1.165, 1.54) is 5.56 Å². The monoisotopic (exact) mass is 302 g/mol. The molecule has 0 unspecified atom stereocenters. The van der Waals surface area contributed by atoms with Crippen molar-refractivity contribution < 1.29 is 4.79 Å². The van der Waals surface area contributed by atoms with Gasteiger partial charge in [-0.15, -0.1) is 0 Å². The first-order valence-corrected chi connectivity index (χ1v) is 8.24. The van der Waals surface area contributed by atoms with Gasteiger partial charge in [0.15, 0.2) is 0 Å². The van der Waals surface area contributed by atoms with Crippen molar-refractivity contribution in [2.45, 2.75) is 66.0 Å². The fourth-order valence-electron chi connectivity index (χ4n) is 3.01. The molecule has 0 saturated carbocycles. The van der Waals surface area contributed by atoms with Crippen molar-refractivity contribution in [1.82, 2.24) is 5.32 Å². The Balaban J connectivity index is 2.37. The minimum Gasteiger partial charge on any atom is -0.310 e. The number of nitrogens with zero attached hydrogens (tertiary/aromatic N) is 1. The van der Waals surface area contributed by atoms with Crippen LogP contribution in [0.5, 0.6) is 0 Å². The van der Waals surface area contributed by atoms with Gasteiger partial charge in [-0.25, -0.2) is 0 Å². The quantitative estimate of drug-likeness (QED) is 0.902. The minimum absolute atomic E-state index is 0.0652. The third-order valence-electron chi connectivity index (χ3n) is 3.79. The molecule has 0 saturated heterocycles. The molecule has 1 aromatic rings. The number of hydrogen-bond donors (Lipinski definition) is 1. The van der Waals surface area contributed by atoms with Crippen molar-refractivity contribution in [1.29, 1.82) is 0 Å². The number of amides is 1. The molecule has 122 valence electrons. The Labute approximate surface area is 135 Å². The highest BCUT2D eigenvalue weighted by Crippen LogP contribution is 2.30. The van der Waals surface area contributed by atoms with Crippen LogP contribution in [0.3, 0.4) is 0 Å². The van der Waals surface area contributed by atoms with E-state index in [-0.39, 0.29) is 22.9 Å². The molecule has 3 nitrogen and oxygen atoms in total. The summed E-state index contributed by atoms with van der Waals surface area (Å²) in [6.45, 7) is 13.6. The van der Waals surface area contributed by atoms with Gasteiger partial charge >= 0.3 is 0 Å². The summed E-state index contributed by atoms with van der Waals surface area (Å²) in [6.07, 6.45) is 1.80. The van der Waals surface area contributed by atoms with E-state index in [0.717, 1.165) is 25.1 Å². The van der Waals surface area contributed by atoms with Gasteiger partial charge < -0.3 is 10.2 Å². The highest BCUT2D eigenvalue weighted by Gasteiger charge is 2.34. The van der Waals surface area contributed by atoms with Crippen LogP contribution < -0.4 is 10.2 Å². The Hall–Kier alpha value is -1.35. The molecular formula is C19H30N2O. The summed E-state index contributed by atoms with van der Waals surface area (Å²) in [5.41, 5.74) is 2.36. The number of rotatable bonds is 2. The lowest BCUT2D eigenvalue weighted by atomic mass is 9.95. The molecule has 0 spiro atoms. The van der Waals surface area contributed by atoms with Crippen LogP contribution in [0, 0.1) is 5.41 Å². The van der Waals surface area contributed by atoms with Gasteiger partial charge in [0.2, 0.25) is 5.91 Å². The molecule has 1 aliphatic rings. The van der Waals surface area contributed by atoms with Crippen LogP contribution in [-0.4, -0.2) is 24.0 Å². The lowest BCUT2D eigenvalue weighted by Crippen LogP contribution is -2.53. The molecular weight excluding hydrogens is 272 g/mol. The lowest BCUT2D eigenvalue weighted by Gasteiger charge is -2.34. The highest BCUT2D eigenvalue weighted by atomic mass is 16.2. The molecule has 0 aromatic heterocycles. The summed E-state index contributed by atoms with van der Waals surface area (Å²) in [5.74, 6) is 0.204. The van der Waals surface area contributed by atoms with E-state index in [1.807, 2.05) is 11.0 Å². The summed E-state index contributed by atoms with van der Waals surface area (Å²) in [4.78, 5) is 15.1. The molecule has 22 heavy (non-hydrogen) atoms. The van der Waals surface area contributed by atoms with Crippen molar-refractivity contribution in [3.8, 4) is 0 Å². The Kier molecular flexibility index (Phi) is 4.67. The number of hydrogen-bond acceptors (Lipinski definition) is 2. The molecule has 1 heterocycles. The zero-order valence-electron chi connectivity index (χ0n) is 14.9. The van der Waals surface area contributed by atoms with E-state index < -0.39 is 0 Å². The number of para-hydroxylation sites is 1. The Morgan fingerprint density at radius 1 is 1.14 bits per heavy atom. The van der Waals surface area contributed by atoms with Crippen molar-refractivity contribution in [2.75, 3.05) is 11.4 Å². The first-order valence-electron chi connectivity index (χ1n) is 8.24. The molecule has 1 amide bonds. The van der Waals surface area contributed by atoms with Crippen LogP contribution in [0.25, 0.3) is 0 Å². The predicted octanol–water partition coefficient (Wildman–Crippen LogP) is 3.77. The van der Waals surface area contributed by atoms with Crippen LogP contribution in [-0.2, 0) is 11.2 Å². The van der Waals surface area contributed by atoms with Crippen LogP contribution in [0.1, 0.15) is 53.5 Å². The number of fused-ring (bicyclic) bond motifs is 1. The Morgan fingerprint density at radius 2 is 1.77 bits per heavy atom. The number of nitrogens with one attached hydrogen (secondary N) is 1. The summed E-state index contributed by atoms with van der Waals surface area (Å²) in [5, 5.41) is 3.51. The second-order valence-electron chi connectivity index (χ2n) is 8.60. The fraction of sp³-hybridized carbons (Fsp3) is 0.632. The van der Waals surface area contributed by atoms with Gasteiger partial charge in [0.1, 0.15) is 0 Å². The van der Waals surface area contributed by atoms with E-state index in [4.69, 9.17) is 0 Å². The first-order chi connectivity index (χ1) is 10.1. The molecule has 0 radical (unpaired) electrons. The summed E-state index contributed by atoms with van der Waals surface area (Å²) < 4.78 is 0. The second-order valence-corrected chi connectivity index (χ2v) is 8.60. The van der Waals surface area contributed by atoms with Crippen molar-refractivity contribution in [3.63, 3.8) is 0 Å². The summed E-state index contributed by atoms with van der Waals surface area (Å²) >= 11 is 0. The first kappa shape index (κ1) is 17.0. The number of carbonyl (C=O) groups is 1. The third-order valence-corrected chi connectivity index (χ3v) is 3.79. The number of aryl methyl sites for hydroxylation is 1. The molecule has 3 heteroatoms. The maximum atomic E-state index is 13.1. The van der Waals surface area contributed by atoms with Crippen molar-refractivity contribution in [2.24, 2.45) is 5.41 Å². The second kappa shape index (κ2) is 6.04. The zero-order chi connectivity index (χ0) is 16.5. The average molecular weight is 302 g/mol. The van der Waals surface area contributed by atoms with Crippen LogP contribution >= 0.6 is 0 Å². The topological polar surface area (TPSA) is 32.3 Å². The standard InChI is InChI=1S/C19H30N2O/c1-18(2,3)13-21-16-10-8-7-9-14(16)11-12-15(17(21)22)20-19(4,5)6/h7-10,15,20H,11-13H2,1-6H3/t15-/m0/s1. The lowest BCUT2D eigenvalue weighted by molar-refractivity contribution is -0.121. The van der Waals surface area contributed by atoms with Gasteiger partial charge in [0.05, 0.1) is 6.04 Å². The third kappa shape index (κ3) is 4.33. The Morgan fingerprint density at radius 3 is 2.36 bits per heavy atom. The van der Waals surface area contributed by atoms with Gasteiger partial charge in [-0.3, -0.25) is 4.79 Å².